The fourth-order valence-corrected chi connectivity index (χ4v) is 10.3. The number of hydrogen-bond donors (Lipinski definition) is 1. The fourth-order valence-electron chi connectivity index (χ4n) is 9.60. The highest BCUT2D eigenvalue weighted by molar-refractivity contribution is 7.47. The Kier molecular flexibility index (Phi) is 54.6. The van der Waals surface area contributed by atoms with Gasteiger partial charge < -0.3 is 18.9 Å². The second-order valence-electron chi connectivity index (χ2n) is 23.2. The number of carbonyl (C=O) groups excluding carboxylic acids is 2. The van der Waals surface area contributed by atoms with Gasteiger partial charge >= 0.3 is 19.8 Å². The van der Waals surface area contributed by atoms with Crippen molar-refractivity contribution < 1.29 is 42.1 Å². The smallest absolute Gasteiger partial charge is 0.462 e. The Hall–Kier alpha value is -1.25. The number of unbranched alkanes of at least 4 members (excludes halogenated alkanes) is 44. The lowest BCUT2D eigenvalue weighted by Crippen LogP contribution is -2.37. The summed E-state index contributed by atoms with van der Waals surface area (Å²) in [6, 6.07) is 0. The molecule has 1 N–H and O–H groups in total. The second-order valence-corrected chi connectivity index (χ2v) is 24.6. The minimum Gasteiger partial charge on any atom is -0.462 e. The molecular weight excluding hydrogens is 930 g/mol. The van der Waals surface area contributed by atoms with Gasteiger partial charge in [-0.1, -0.05) is 289 Å². The van der Waals surface area contributed by atoms with Crippen molar-refractivity contribution in [2.45, 2.75) is 335 Å². The summed E-state index contributed by atoms with van der Waals surface area (Å²) in [4.78, 5) is 35.6. The molecule has 0 saturated heterocycles. The lowest BCUT2D eigenvalue weighted by Gasteiger charge is -2.24. The summed E-state index contributed by atoms with van der Waals surface area (Å²) < 4.78 is 34.5. The van der Waals surface area contributed by atoms with Crippen LogP contribution in [0.25, 0.3) is 0 Å². The lowest BCUT2D eigenvalue weighted by molar-refractivity contribution is -0.870. The van der Waals surface area contributed by atoms with E-state index >= 15 is 0 Å². The summed E-state index contributed by atoms with van der Waals surface area (Å²) in [5.41, 5.74) is 0. The Morgan fingerprint density at radius 3 is 1.04 bits per heavy atom. The molecule has 0 saturated carbocycles. The summed E-state index contributed by atoms with van der Waals surface area (Å²) in [7, 11) is 1.49. The Labute approximate surface area is 454 Å². The number of phosphoric ester groups is 1. The summed E-state index contributed by atoms with van der Waals surface area (Å²) in [5, 5.41) is 0. The molecule has 0 fully saturated rings. The zero-order valence-electron chi connectivity index (χ0n) is 49.4. The van der Waals surface area contributed by atoms with Crippen LogP contribution in [-0.2, 0) is 32.7 Å². The van der Waals surface area contributed by atoms with Crippen LogP contribution in [0.4, 0.5) is 0 Å². The van der Waals surface area contributed by atoms with Crippen molar-refractivity contribution in [1.29, 1.82) is 0 Å². The predicted molar refractivity (Wildman–Crippen MR) is 312 cm³/mol. The van der Waals surface area contributed by atoms with Crippen LogP contribution in [0.15, 0.2) is 12.2 Å². The third-order valence-corrected chi connectivity index (χ3v) is 15.5. The van der Waals surface area contributed by atoms with Crippen molar-refractivity contribution in [1.82, 2.24) is 0 Å². The monoisotopic (exact) mass is 1050 g/mol. The van der Waals surface area contributed by atoms with Crippen LogP contribution in [-0.4, -0.2) is 74.9 Å². The maximum Gasteiger partial charge on any atom is 0.472 e. The molecule has 0 rings (SSSR count). The van der Waals surface area contributed by atoms with E-state index in [0.717, 1.165) is 51.4 Å². The molecule has 9 nitrogen and oxygen atoms in total. The Morgan fingerprint density at radius 2 is 0.699 bits per heavy atom. The van der Waals surface area contributed by atoms with Gasteiger partial charge in [-0.2, -0.15) is 0 Å². The maximum absolute atomic E-state index is 12.7. The van der Waals surface area contributed by atoms with E-state index in [2.05, 4.69) is 26.0 Å². The number of carbonyl (C=O) groups is 2. The lowest BCUT2D eigenvalue weighted by atomic mass is 10.0. The fraction of sp³-hybridized carbons (Fsp3) is 0.937. The van der Waals surface area contributed by atoms with Gasteiger partial charge in [-0.15, -0.1) is 0 Å². The molecule has 0 aromatic heterocycles. The van der Waals surface area contributed by atoms with E-state index in [9.17, 15) is 19.0 Å². The molecule has 0 aliphatic carbocycles. The quantitative estimate of drug-likeness (QED) is 0.0211. The highest BCUT2D eigenvalue weighted by Crippen LogP contribution is 2.43. The van der Waals surface area contributed by atoms with Crippen LogP contribution >= 0.6 is 7.82 Å². The van der Waals surface area contributed by atoms with Crippen LogP contribution in [0, 0.1) is 0 Å². The summed E-state index contributed by atoms with van der Waals surface area (Å²) in [6.07, 6.45) is 66.3. The molecule has 2 atom stereocenters. The first-order valence-electron chi connectivity index (χ1n) is 31.9. The number of quaternary nitrogens is 1. The van der Waals surface area contributed by atoms with Crippen LogP contribution in [0.5, 0.6) is 0 Å². The first kappa shape index (κ1) is 71.8. The third kappa shape index (κ3) is 59.8. The Morgan fingerprint density at radius 1 is 0.411 bits per heavy atom. The Balaban J connectivity index is 3.82. The number of ether oxygens (including phenoxy) is 2. The van der Waals surface area contributed by atoms with Gasteiger partial charge in [0, 0.05) is 12.8 Å². The zero-order valence-corrected chi connectivity index (χ0v) is 50.3. The molecule has 2 unspecified atom stereocenters. The molecule has 0 heterocycles. The highest BCUT2D eigenvalue weighted by Gasteiger charge is 2.27. The van der Waals surface area contributed by atoms with E-state index < -0.39 is 26.5 Å². The summed E-state index contributed by atoms with van der Waals surface area (Å²) >= 11 is 0. The first-order valence-corrected chi connectivity index (χ1v) is 33.4. The van der Waals surface area contributed by atoms with E-state index in [-0.39, 0.29) is 25.6 Å². The molecule has 0 aromatic rings. The maximum atomic E-state index is 12.7. The van der Waals surface area contributed by atoms with Crippen LogP contribution in [0.3, 0.4) is 0 Å². The van der Waals surface area contributed by atoms with Crippen molar-refractivity contribution in [3.8, 4) is 0 Å². The van der Waals surface area contributed by atoms with Crippen LogP contribution < -0.4 is 0 Å². The molecule has 73 heavy (non-hydrogen) atoms. The number of nitrogens with zero attached hydrogens (tertiary/aromatic N) is 1. The minimum atomic E-state index is -4.38. The second kappa shape index (κ2) is 55.5. The van der Waals surface area contributed by atoms with Gasteiger partial charge in [0.1, 0.15) is 19.8 Å². The third-order valence-electron chi connectivity index (χ3n) is 14.5. The number of hydrogen-bond acceptors (Lipinski definition) is 7. The summed E-state index contributed by atoms with van der Waals surface area (Å²) in [5.74, 6) is -0.792. The average molecular weight is 1060 g/mol. The minimum absolute atomic E-state index is 0.0335. The molecule has 0 radical (unpaired) electrons. The van der Waals surface area contributed by atoms with Crippen LogP contribution in [0.1, 0.15) is 328 Å². The van der Waals surface area contributed by atoms with Gasteiger partial charge in [0.05, 0.1) is 27.7 Å². The number of allylic oxidation sites excluding steroid dienone is 2. The molecule has 10 heteroatoms. The number of likely N-dealkylation sites (N-methyl/N-ethyl adjacent to an activating group) is 1. The summed E-state index contributed by atoms with van der Waals surface area (Å²) in [6.45, 7) is 4.45. The molecule has 0 spiro atoms. The standard InChI is InChI=1S/C63H124NO8P/c1-6-8-10-12-14-16-18-20-21-22-23-24-25-26-27-28-29-30-31-32-33-34-35-36-37-38-39-40-41-42-43-44-46-47-49-51-53-55-62(65)69-59-61(60-71-73(67,68)70-58-57-64(3,4)5)72-63(66)56-54-52-50-48-45-19-17-15-13-11-9-7-2/h15,17,61H,6-14,16,18-60H2,1-5H3/p+1/b17-15-. The molecule has 0 aromatic carbocycles. The van der Waals surface area contributed by atoms with Crippen molar-refractivity contribution in [3.63, 3.8) is 0 Å². The number of esters is 2. The van der Waals surface area contributed by atoms with E-state index in [1.165, 1.54) is 244 Å². The molecule has 0 bridgehead atoms. The number of rotatable bonds is 60. The van der Waals surface area contributed by atoms with Gasteiger partial charge in [0.15, 0.2) is 6.10 Å². The SMILES string of the molecule is CCCCC/C=C\CCCCCCCC(=O)OC(COC(=O)CCCCCCCCCCCCCCCCCCCCCCCCCCCCCCCCCCCCCCC)COP(=O)(O)OCC[N+](C)(C)C. The topological polar surface area (TPSA) is 108 Å². The van der Waals surface area contributed by atoms with E-state index in [1.807, 2.05) is 21.1 Å². The Bertz CT molecular complexity index is 1240. The molecule has 0 aliphatic heterocycles. The van der Waals surface area contributed by atoms with Gasteiger partial charge in [0.25, 0.3) is 0 Å². The predicted octanol–water partition coefficient (Wildman–Crippen LogP) is 20.0. The molecule has 0 aliphatic rings. The van der Waals surface area contributed by atoms with Gasteiger partial charge in [0.2, 0.25) is 0 Å². The largest absolute Gasteiger partial charge is 0.472 e. The molecular formula is C63H125NO8P+. The van der Waals surface area contributed by atoms with Gasteiger partial charge in [-0.25, -0.2) is 4.57 Å². The number of phosphoric acid groups is 1. The average Bonchev–Trinajstić information content (AvgIpc) is 3.35. The highest BCUT2D eigenvalue weighted by atomic mass is 31.2. The zero-order chi connectivity index (χ0) is 53.5. The van der Waals surface area contributed by atoms with E-state index in [4.69, 9.17) is 18.5 Å². The van der Waals surface area contributed by atoms with Crippen molar-refractivity contribution in [3.05, 3.63) is 12.2 Å². The van der Waals surface area contributed by atoms with E-state index in [0.29, 0.717) is 23.9 Å². The van der Waals surface area contributed by atoms with E-state index in [1.54, 1.807) is 0 Å². The van der Waals surface area contributed by atoms with Crippen LogP contribution in [0.2, 0.25) is 0 Å². The normalized spacial score (nSPS) is 13.2. The molecule has 0 amide bonds. The van der Waals surface area contributed by atoms with Gasteiger partial charge in [-0.05, 0) is 38.5 Å². The van der Waals surface area contributed by atoms with Crippen molar-refractivity contribution >= 4 is 19.8 Å². The first-order chi connectivity index (χ1) is 35.5. The van der Waals surface area contributed by atoms with Crippen molar-refractivity contribution in [2.75, 3.05) is 47.5 Å². The van der Waals surface area contributed by atoms with Crippen molar-refractivity contribution in [2.24, 2.45) is 0 Å². The van der Waals surface area contributed by atoms with Gasteiger partial charge in [-0.3, -0.25) is 18.6 Å². The molecule has 434 valence electrons.